The van der Waals surface area contributed by atoms with Crippen LogP contribution < -0.4 is 4.72 Å². The fraction of sp³-hybridized carbons (Fsp3) is 0.278. The predicted molar refractivity (Wildman–Crippen MR) is 105 cm³/mol. The van der Waals surface area contributed by atoms with Gasteiger partial charge in [-0.3, -0.25) is 14.5 Å². The van der Waals surface area contributed by atoms with E-state index in [-0.39, 0.29) is 16.6 Å². The van der Waals surface area contributed by atoms with Crippen LogP contribution in [-0.2, 0) is 30.9 Å². The number of sulfonamides is 1. The molecule has 1 aliphatic heterocycles. The van der Waals surface area contributed by atoms with Crippen LogP contribution in [0.5, 0.6) is 0 Å². The summed E-state index contributed by atoms with van der Waals surface area (Å²) >= 11 is 1.54. The topological polar surface area (TPSA) is 105 Å². The summed E-state index contributed by atoms with van der Waals surface area (Å²) in [6.07, 6.45) is 0. The summed E-state index contributed by atoms with van der Waals surface area (Å²) in [5.74, 6) is -0.972. The van der Waals surface area contributed by atoms with Gasteiger partial charge in [0.1, 0.15) is 11.9 Å². The van der Waals surface area contributed by atoms with E-state index in [9.17, 15) is 18.0 Å². The molecule has 148 valence electrons. The molecule has 3 rings (SSSR count). The van der Waals surface area contributed by atoms with Gasteiger partial charge in [-0.15, -0.1) is 0 Å². The molecule has 0 fully saturated rings. The third-order valence-corrected chi connectivity index (χ3v) is 6.22. The third-order valence-electron chi connectivity index (χ3n) is 4.09. The molecule has 10 heteroatoms. The van der Waals surface area contributed by atoms with Gasteiger partial charge in [0.25, 0.3) is 15.9 Å². The first kappa shape index (κ1) is 20.0. The van der Waals surface area contributed by atoms with E-state index in [4.69, 9.17) is 4.74 Å². The van der Waals surface area contributed by atoms with Crippen molar-refractivity contribution in [3.05, 3.63) is 52.2 Å². The average molecular weight is 422 g/mol. The summed E-state index contributed by atoms with van der Waals surface area (Å²) in [5, 5.41) is 3.86. The normalized spacial score (nSPS) is 16.9. The molecule has 8 nitrogen and oxygen atoms in total. The monoisotopic (exact) mass is 421 g/mol. The van der Waals surface area contributed by atoms with Gasteiger partial charge in [0.2, 0.25) is 0 Å². The largest absolute Gasteiger partial charge is 0.454 e. The van der Waals surface area contributed by atoms with E-state index in [0.717, 1.165) is 5.56 Å². The molecule has 1 atom stereocenters. The SMILES string of the molecule is C[C@@H](N=C1NS(=O)(=O)c2ccccc21)C(=O)OCC(=O)N(C)Cc1ccsc1. The van der Waals surface area contributed by atoms with Gasteiger partial charge in [-0.25, -0.2) is 13.2 Å². The zero-order valence-electron chi connectivity index (χ0n) is 15.3. The standard InChI is InChI=1S/C18H19N3O5S2/c1-12(19-17-14-5-3-4-6-15(14)28(24,25)20-17)18(23)26-10-16(22)21(2)9-13-7-8-27-11-13/h3-8,11-12H,9-10H2,1-2H3,(H,19,20)/t12-/m1/s1. The van der Waals surface area contributed by atoms with Crippen molar-refractivity contribution in [3.63, 3.8) is 0 Å². The van der Waals surface area contributed by atoms with E-state index in [1.165, 1.54) is 29.2 Å². The molecule has 1 aromatic heterocycles. The summed E-state index contributed by atoms with van der Waals surface area (Å²) in [6, 6.07) is 7.30. The number of ether oxygens (including phenoxy) is 1. The highest BCUT2D eigenvalue weighted by atomic mass is 32.2. The zero-order chi connectivity index (χ0) is 20.3. The van der Waals surface area contributed by atoms with Crippen molar-refractivity contribution >= 4 is 39.1 Å². The molecule has 0 unspecified atom stereocenters. The molecule has 28 heavy (non-hydrogen) atoms. The second-order valence-electron chi connectivity index (χ2n) is 6.24. The number of aliphatic imine (C=N–C) groups is 1. The lowest BCUT2D eigenvalue weighted by Gasteiger charge is -2.17. The van der Waals surface area contributed by atoms with E-state index in [2.05, 4.69) is 9.71 Å². The second kappa shape index (κ2) is 8.11. The number of fused-ring (bicyclic) bond motifs is 1. The molecule has 0 aliphatic carbocycles. The van der Waals surface area contributed by atoms with E-state index in [1.54, 1.807) is 25.2 Å². The molecule has 1 N–H and O–H groups in total. The number of rotatable bonds is 6. The van der Waals surface area contributed by atoms with Gasteiger partial charge in [0.15, 0.2) is 6.61 Å². The maximum atomic E-state index is 12.2. The fourth-order valence-electron chi connectivity index (χ4n) is 2.58. The highest BCUT2D eigenvalue weighted by Gasteiger charge is 2.31. The van der Waals surface area contributed by atoms with Crippen molar-refractivity contribution in [1.82, 2.24) is 9.62 Å². The minimum atomic E-state index is -3.68. The van der Waals surface area contributed by atoms with Crippen molar-refractivity contribution in [3.8, 4) is 0 Å². The summed E-state index contributed by atoms with van der Waals surface area (Å²) in [6.45, 7) is 1.50. The summed E-state index contributed by atoms with van der Waals surface area (Å²) < 4.78 is 31.5. The van der Waals surface area contributed by atoms with Gasteiger partial charge >= 0.3 is 5.97 Å². The highest BCUT2D eigenvalue weighted by molar-refractivity contribution is 7.90. The van der Waals surface area contributed by atoms with Crippen LogP contribution >= 0.6 is 11.3 Å². The number of nitrogens with one attached hydrogen (secondary N) is 1. The van der Waals surface area contributed by atoms with Crippen LogP contribution in [0.4, 0.5) is 0 Å². The van der Waals surface area contributed by atoms with Gasteiger partial charge in [0, 0.05) is 19.2 Å². The molecule has 1 amide bonds. The lowest BCUT2D eigenvalue weighted by molar-refractivity contribution is -0.152. The number of thiophene rings is 1. The Bertz CT molecular complexity index is 1020. The Balaban J connectivity index is 1.59. The smallest absolute Gasteiger partial charge is 0.331 e. The minimum absolute atomic E-state index is 0.0842. The van der Waals surface area contributed by atoms with Gasteiger partial charge in [0.05, 0.1) is 4.90 Å². The second-order valence-corrected chi connectivity index (χ2v) is 8.68. The number of amidine groups is 1. The number of nitrogens with zero attached hydrogens (tertiary/aromatic N) is 2. The van der Waals surface area contributed by atoms with E-state index >= 15 is 0 Å². The number of carbonyl (C=O) groups excluding carboxylic acids is 2. The average Bonchev–Trinajstić information content (AvgIpc) is 3.26. The Morgan fingerprint density at radius 2 is 2.04 bits per heavy atom. The molecule has 0 spiro atoms. The van der Waals surface area contributed by atoms with Crippen LogP contribution in [0.2, 0.25) is 0 Å². The van der Waals surface area contributed by atoms with Crippen molar-refractivity contribution in [2.45, 2.75) is 24.4 Å². The van der Waals surface area contributed by atoms with E-state index in [1.807, 2.05) is 16.8 Å². The van der Waals surface area contributed by atoms with Crippen LogP contribution in [0.15, 0.2) is 51.0 Å². The summed E-state index contributed by atoms with van der Waals surface area (Å²) in [5.41, 5.74) is 1.40. The highest BCUT2D eigenvalue weighted by Crippen LogP contribution is 2.22. The van der Waals surface area contributed by atoms with Crippen LogP contribution in [0.1, 0.15) is 18.1 Å². The minimum Gasteiger partial charge on any atom is -0.454 e. The van der Waals surface area contributed by atoms with Gasteiger partial charge in [-0.1, -0.05) is 12.1 Å². The molecule has 0 radical (unpaired) electrons. The molecule has 2 aromatic rings. The zero-order valence-corrected chi connectivity index (χ0v) is 16.9. The Labute approximate surface area is 166 Å². The molecule has 0 saturated heterocycles. The fourth-order valence-corrected chi connectivity index (χ4v) is 4.48. The van der Waals surface area contributed by atoms with Gasteiger partial charge < -0.3 is 9.64 Å². The summed E-state index contributed by atoms with van der Waals surface area (Å²) in [4.78, 5) is 30.0. The van der Waals surface area contributed by atoms with Crippen LogP contribution in [0, 0.1) is 0 Å². The number of benzene rings is 1. The maximum absolute atomic E-state index is 12.2. The number of carbonyl (C=O) groups is 2. The molecule has 0 bridgehead atoms. The Morgan fingerprint density at radius 1 is 1.29 bits per heavy atom. The quantitative estimate of drug-likeness (QED) is 0.710. The predicted octanol–water partition coefficient (Wildman–Crippen LogP) is 1.38. The number of likely N-dealkylation sites (N-methyl/N-ethyl adjacent to an activating group) is 1. The first-order valence-corrected chi connectivity index (χ1v) is 10.8. The Hall–Kier alpha value is -2.72. The number of hydrogen-bond acceptors (Lipinski definition) is 7. The van der Waals surface area contributed by atoms with Crippen molar-refractivity contribution < 1.29 is 22.7 Å². The lowest BCUT2D eigenvalue weighted by atomic mass is 10.2. The Kier molecular flexibility index (Phi) is 5.80. The Morgan fingerprint density at radius 3 is 2.75 bits per heavy atom. The number of amides is 1. The van der Waals surface area contributed by atoms with Crippen molar-refractivity contribution in [2.24, 2.45) is 4.99 Å². The molecule has 0 saturated carbocycles. The number of esters is 1. The molecule has 1 aliphatic rings. The molecule has 1 aromatic carbocycles. The third kappa shape index (κ3) is 4.39. The lowest BCUT2D eigenvalue weighted by Crippen LogP contribution is -2.33. The van der Waals surface area contributed by atoms with Crippen LogP contribution in [0.3, 0.4) is 0 Å². The molecular weight excluding hydrogens is 402 g/mol. The van der Waals surface area contributed by atoms with Crippen LogP contribution in [0.25, 0.3) is 0 Å². The van der Waals surface area contributed by atoms with Gasteiger partial charge in [-0.2, -0.15) is 11.3 Å². The first-order chi connectivity index (χ1) is 13.3. The molecule has 2 heterocycles. The van der Waals surface area contributed by atoms with Gasteiger partial charge in [-0.05, 0) is 41.4 Å². The van der Waals surface area contributed by atoms with E-state index < -0.39 is 28.6 Å². The van der Waals surface area contributed by atoms with Crippen molar-refractivity contribution in [2.75, 3.05) is 13.7 Å². The summed E-state index contributed by atoms with van der Waals surface area (Å²) in [7, 11) is -2.05. The van der Waals surface area contributed by atoms with Crippen molar-refractivity contribution in [1.29, 1.82) is 0 Å². The molecular formula is C18H19N3O5S2. The number of hydrogen-bond donors (Lipinski definition) is 1. The van der Waals surface area contributed by atoms with E-state index in [0.29, 0.717) is 12.1 Å². The van der Waals surface area contributed by atoms with Crippen LogP contribution in [-0.4, -0.2) is 50.7 Å². The first-order valence-electron chi connectivity index (χ1n) is 8.39. The maximum Gasteiger partial charge on any atom is 0.331 e.